The summed E-state index contributed by atoms with van der Waals surface area (Å²) in [5.74, 6) is -0.532. The molecule has 1 aromatic rings. The molecule has 0 aromatic carbocycles. The molecule has 3 rings (SSSR count). The molecule has 0 radical (unpaired) electrons. The van der Waals surface area contributed by atoms with Crippen molar-refractivity contribution in [2.45, 2.75) is 38.0 Å². The van der Waals surface area contributed by atoms with Crippen LogP contribution in [0.3, 0.4) is 0 Å². The largest absolute Gasteiger partial charge is 0.481 e. The average Bonchev–Trinajstić information content (AvgIpc) is 2.79. The normalized spacial score (nSPS) is 26.3. The lowest BCUT2D eigenvalue weighted by molar-refractivity contribution is -0.138. The van der Waals surface area contributed by atoms with Gasteiger partial charge in [-0.25, -0.2) is 0 Å². The van der Waals surface area contributed by atoms with Crippen LogP contribution in [0.5, 0.6) is 0 Å². The van der Waals surface area contributed by atoms with Gasteiger partial charge in [-0.1, -0.05) is 0 Å². The molecule has 4 heteroatoms. The first-order valence-corrected chi connectivity index (χ1v) is 5.45. The molecular formula is C11H14N2O2. The van der Waals surface area contributed by atoms with Gasteiger partial charge in [0.05, 0.1) is 12.6 Å². The number of hydrogen-bond acceptors (Lipinski definition) is 2. The van der Waals surface area contributed by atoms with E-state index in [4.69, 9.17) is 5.11 Å². The number of carboxylic acids is 1. The average molecular weight is 206 g/mol. The smallest absolute Gasteiger partial charge is 0.304 e. The van der Waals surface area contributed by atoms with E-state index in [1.165, 1.54) is 18.4 Å². The number of nitrogens with zero attached hydrogens (tertiary/aromatic N) is 1. The molecule has 2 N–H and O–H groups in total. The highest BCUT2D eigenvalue weighted by Crippen LogP contribution is 2.62. The Balaban J connectivity index is 1.97. The van der Waals surface area contributed by atoms with Crippen molar-refractivity contribution in [3.05, 3.63) is 17.5 Å². The number of carboxylic acid groups (broad SMARTS) is 1. The van der Waals surface area contributed by atoms with Crippen molar-refractivity contribution >= 4 is 5.97 Å². The summed E-state index contributed by atoms with van der Waals surface area (Å²) in [4.78, 5) is 10.9. The van der Waals surface area contributed by atoms with E-state index < -0.39 is 5.97 Å². The predicted molar refractivity (Wildman–Crippen MR) is 53.6 cm³/mol. The molecule has 80 valence electrons. The van der Waals surface area contributed by atoms with Crippen molar-refractivity contribution in [3.63, 3.8) is 0 Å². The molecule has 1 unspecified atom stereocenters. The predicted octanol–water partition coefficient (Wildman–Crippen LogP) is 1.69. The molecule has 0 amide bonds. The minimum absolute atomic E-state index is 0.168. The highest BCUT2D eigenvalue weighted by atomic mass is 16.4. The van der Waals surface area contributed by atoms with Gasteiger partial charge in [-0.2, -0.15) is 5.10 Å². The van der Waals surface area contributed by atoms with Gasteiger partial charge < -0.3 is 5.11 Å². The maximum absolute atomic E-state index is 10.9. The number of aryl methyl sites for hydroxylation is 1. The Morgan fingerprint density at radius 2 is 2.40 bits per heavy atom. The van der Waals surface area contributed by atoms with Crippen LogP contribution in [0.2, 0.25) is 0 Å². The molecule has 15 heavy (non-hydrogen) atoms. The molecule has 1 fully saturated rings. The fourth-order valence-corrected chi connectivity index (χ4v) is 2.94. The summed E-state index contributed by atoms with van der Waals surface area (Å²) in [7, 11) is 0. The minimum atomic E-state index is -0.700. The highest BCUT2D eigenvalue weighted by Gasteiger charge is 2.53. The van der Waals surface area contributed by atoms with E-state index in [9.17, 15) is 4.79 Å². The standard InChI is InChI=1S/C11H14N2O2/c14-9(15)5-8-10-7(6-12-13-10)1-2-11(8)3-4-11/h6,8H,1-5H2,(H,12,13)(H,14,15). The number of hydrogen-bond donors (Lipinski definition) is 2. The van der Waals surface area contributed by atoms with Crippen LogP contribution < -0.4 is 0 Å². The lowest BCUT2D eigenvalue weighted by Gasteiger charge is -2.30. The number of aliphatic carboxylic acids is 1. The summed E-state index contributed by atoms with van der Waals surface area (Å²) >= 11 is 0. The number of H-pyrrole nitrogens is 1. The fraction of sp³-hybridized carbons (Fsp3) is 0.636. The van der Waals surface area contributed by atoms with Gasteiger partial charge in [-0.3, -0.25) is 9.89 Å². The SMILES string of the molecule is O=C(O)CC1c2[nH]ncc2CCC12CC2. The van der Waals surface area contributed by atoms with E-state index in [1.54, 1.807) is 0 Å². The van der Waals surface area contributed by atoms with Gasteiger partial charge in [0.15, 0.2) is 0 Å². The second-order valence-corrected chi connectivity index (χ2v) is 4.82. The summed E-state index contributed by atoms with van der Waals surface area (Å²) in [6, 6.07) is 0. The summed E-state index contributed by atoms with van der Waals surface area (Å²) in [5.41, 5.74) is 2.60. The van der Waals surface area contributed by atoms with Crippen molar-refractivity contribution in [1.82, 2.24) is 10.2 Å². The van der Waals surface area contributed by atoms with Crippen LogP contribution in [0, 0.1) is 5.41 Å². The van der Waals surface area contributed by atoms with Crippen LogP contribution in [0.1, 0.15) is 42.9 Å². The molecule has 4 nitrogen and oxygen atoms in total. The molecule has 1 aromatic heterocycles. The minimum Gasteiger partial charge on any atom is -0.481 e. The Kier molecular flexibility index (Phi) is 1.69. The van der Waals surface area contributed by atoms with Gasteiger partial charge in [0.1, 0.15) is 0 Å². The third-order valence-electron chi connectivity index (χ3n) is 4.00. The molecule has 1 atom stereocenters. The Morgan fingerprint density at radius 1 is 1.60 bits per heavy atom. The maximum atomic E-state index is 10.9. The molecular weight excluding hydrogens is 192 g/mol. The van der Waals surface area contributed by atoms with Gasteiger partial charge in [-0.05, 0) is 36.7 Å². The molecule has 0 aliphatic heterocycles. The number of carbonyl (C=O) groups is 1. The van der Waals surface area contributed by atoms with Gasteiger partial charge in [0.2, 0.25) is 0 Å². The van der Waals surface area contributed by atoms with Gasteiger partial charge >= 0.3 is 5.97 Å². The number of aromatic amines is 1. The van der Waals surface area contributed by atoms with Crippen LogP contribution in [-0.2, 0) is 11.2 Å². The summed E-state index contributed by atoms with van der Waals surface area (Å²) < 4.78 is 0. The molecule has 2 aliphatic carbocycles. The van der Waals surface area contributed by atoms with Crippen molar-refractivity contribution in [2.24, 2.45) is 5.41 Å². The zero-order valence-corrected chi connectivity index (χ0v) is 8.49. The number of nitrogens with one attached hydrogen (secondary N) is 1. The number of rotatable bonds is 2. The monoisotopic (exact) mass is 206 g/mol. The Morgan fingerprint density at radius 3 is 3.07 bits per heavy atom. The van der Waals surface area contributed by atoms with E-state index >= 15 is 0 Å². The van der Waals surface area contributed by atoms with Crippen molar-refractivity contribution in [1.29, 1.82) is 0 Å². The lowest BCUT2D eigenvalue weighted by Crippen LogP contribution is -2.24. The van der Waals surface area contributed by atoms with Crippen LogP contribution in [0.4, 0.5) is 0 Å². The molecule has 2 aliphatic rings. The number of aromatic nitrogens is 2. The maximum Gasteiger partial charge on any atom is 0.304 e. The summed E-state index contributed by atoms with van der Waals surface area (Å²) in [6.45, 7) is 0. The Hall–Kier alpha value is -1.32. The first kappa shape index (κ1) is 8.95. The van der Waals surface area contributed by atoms with E-state index in [0.717, 1.165) is 18.5 Å². The molecule has 0 saturated heterocycles. The summed E-state index contributed by atoms with van der Waals surface area (Å²) in [6.07, 6.45) is 6.65. The second-order valence-electron chi connectivity index (χ2n) is 4.82. The Bertz CT molecular complexity index is 406. The topological polar surface area (TPSA) is 66.0 Å². The third-order valence-corrected chi connectivity index (χ3v) is 4.00. The van der Waals surface area contributed by atoms with Crippen LogP contribution in [-0.4, -0.2) is 21.3 Å². The second kappa shape index (κ2) is 2.84. The van der Waals surface area contributed by atoms with Crippen molar-refractivity contribution in [2.75, 3.05) is 0 Å². The number of fused-ring (bicyclic) bond motifs is 1. The first-order valence-electron chi connectivity index (χ1n) is 5.45. The van der Waals surface area contributed by atoms with E-state index in [1.807, 2.05) is 6.20 Å². The molecule has 1 heterocycles. The molecule has 1 spiro atoms. The van der Waals surface area contributed by atoms with Crippen LogP contribution in [0.15, 0.2) is 6.20 Å². The molecule has 1 saturated carbocycles. The Labute approximate surface area is 87.7 Å². The zero-order chi connectivity index (χ0) is 10.5. The summed E-state index contributed by atoms with van der Waals surface area (Å²) in [5, 5.41) is 16.0. The van der Waals surface area contributed by atoms with Gasteiger partial charge in [0.25, 0.3) is 0 Å². The van der Waals surface area contributed by atoms with E-state index in [0.29, 0.717) is 0 Å². The fourth-order valence-electron chi connectivity index (χ4n) is 2.94. The lowest BCUT2D eigenvalue weighted by atomic mass is 9.74. The van der Waals surface area contributed by atoms with Gasteiger partial charge in [-0.15, -0.1) is 0 Å². The van der Waals surface area contributed by atoms with Crippen molar-refractivity contribution < 1.29 is 9.90 Å². The highest BCUT2D eigenvalue weighted by molar-refractivity contribution is 5.68. The van der Waals surface area contributed by atoms with Crippen molar-refractivity contribution in [3.8, 4) is 0 Å². The quantitative estimate of drug-likeness (QED) is 0.773. The van der Waals surface area contributed by atoms with Crippen LogP contribution in [0.25, 0.3) is 0 Å². The van der Waals surface area contributed by atoms with Gasteiger partial charge in [0, 0.05) is 11.6 Å². The first-order chi connectivity index (χ1) is 7.21. The molecule has 0 bridgehead atoms. The third kappa shape index (κ3) is 1.28. The van der Waals surface area contributed by atoms with Crippen LogP contribution >= 0.6 is 0 Å². The van der Waals surface area contributed by atoms with E-state index in [2.05, 4.69) is 10.2 Å². The zero-order valence-electron chi connectivity index (χ0n) is 8.49. The van der Waals surface area contributed by atoms with E-state index in [-0.39, 0.29) is 17.8 Å².